The van der Waals surface area contributed by atoms with Crippen LogP contribution in [-0.2, 0) is 30.7 Å². The fraction of sp³-hybridized carbons (Fsp3) is 0.286. The van der Waals surface area contributed by atoms with E-state index in [1.807, 2.05) is 30.3 Å². The molecular weight excluding hydrogens is 496 g/mol. The number of aliphatic hydroxyl groups is 1. The van der Waals surface area contributed by atoms with Gasteiger partial charge >= 0.3 is 0 Å². The number of carbonyl (C=O) groups is 1. The van der Waals surface area contributed by atoms with Crippen LogP contribution in [0.25, 0.3) is 10.1 Å². The van der Waals surface area contributed by atoms with Crippen molar-refractivity contribution >= 4 is 27.5 Å². The Balaban J connectivity index is 1.45. The van der Waals surface area contributed by atoms with Crippen LogP contribution in [0.3, 0.4) is 0 Å². The minimum atomic E-state index is -1.05. The predicted octanol–water partition coefficient (Wildman–Crippen LogP) is 3.78. The number of halogens is 2. The highest BCUT2D eigenvalue weighted by Gasteiger charge is 2.23. The molecule has 1 amide bonds. The molecule has 194 valence electrons. The van der Waals surface area contributed by atoms with Gasteiger partial charge in [0, 0.05) is 19.2 Å². The van der Waals surface area contributed by atoms with Crippen LogP contribution in [-0.4, -0.2) is 33.7 Å². The molecule has 0 radical (unpaired) electrons. The molecule has 1 aromatic heterocycles. The molecule has 9 heteroatoms. The van der Waals surface area contributed by atoms with Crippen molar-refractivity contribution in [3.8, 4) is 0 Å². The number of nitrogens with one attached hydrogen (secondary N) is 2. The molecule has 0 aliphatic rings. The lowest BCUT2D eigenvalue weighted by molar-refractivity contribution is -0.123. The first kappa shape index (κ1) is 26.7. The summed E-state index contributed by atoms with van der Waals surface area (Å²) in [5.74, 6) is -1.95. The van der Waals surface area contributed by atoms with Crippen LogP contribution in [0.4, 0.5) is 8.78 Å². The summed E-state index contributed by atoms with van der Waals surface area (Å²) < 4.78 is 29.7. The average Bonchev–Trinajstić information content (AvgIpc) is 3.18. The van der Waals surface area contributed by atoms with Crippen LogP contribution in [0.2, 0.25) is 0 Å². The third kappa shape index (κ3) is 7.09. The Morgan fingerprint density at radius 2 is 1.73 bits per heavy atom. The monoisotopic (exact) mass is 525 g/mol. The number of aliphatic hydroxyl groups excluding tert-OH is 1. The van der Waals surface area contributed by atoms with Gasteiger partial charge in [-0.2, -0.15) is 0 Å². The first-order valence-corrected chi connectivity index (χ1v) is 12.9. The SMILES string of the molecule is CCc1cccc(CNC[C@@H](O)[C@H](Cc2cc(F)cc(F)c2)NC(=O)Cn2sc3ccccc3c2=O)c1. The molecule has 0 unspecified atom stereocenters. The number of aromatic nitrogens is 1. The minimum absolute atomic E-state index is 0.00982. The molecule has 0 spiro atoms. The van der Waals surface area contributed by atoms with Gasteiger partial charge in [0.05, 0.1) is 22.2 Å². The molecule has 0 fully saturated rings. The lowest BCUT2D eigenvalue weighted by atomic mass is 10.0. The minimum Gasteiger partial charge on any atom is -0.390 e. The van der Waals surface area contributed by atoms with Gasteiger partial charge in [0.25, 0.3) is 5.56 Å². The maximum absolute atomic E-state index is 13.8. The number of aryl methyl sites for hydroxylation is 1. The second-order valence-corrected chi connectivity index (χ2v) is 10.0. The Morgan fingerprint density at radius 1 is 1.00 bits per heavy atom. The van der Waals surface area contributed by atoms with Crippen molar-refractivity contribution in [1.29, 1.82) is 0 Å². The van der Waals surface area contributed by atoms with Crippen molar-refractivity contribution < 1.29 is 18.7 Å². The molecule has 0 bridgehead atoms. The fourth-order valence-electron chi connectivity index (χ4n) is 4.24. The zero-order valence-corrected chi connectivity index (χ0v) is 21.2. The van der Waals surface area contributed by atoms with Gasteiger partial charge in [-0.25, -0.2) is 8.78 Å². The van der Waals surface area contributed by atoms with E-state index in [0.717, 1.165) is 22.8 Å². The molecule has 0 saturated carbocycles. The Bertz CT molecular complexity index is 1420. The van der Waals surface area contributed by atoms with Gasteiger partial charge < -0.3 is 15.7 Å². The molecule has 4 aromatic rings. The highest BCUT2D eigenvalue weighted by molar-refractivity contribution is 7.13. The number of fused-ring (bicyclic) bond motifs is 1. The van der Waals surface area contributed by atoms with E-state index in [0.29, 0.717) is 17.5 Å². The van der Waals surface area contributed by atoms with Gasteiger partial charge in [0.2, 0.25) is 5.91 Å². The van der Waals surface area contributed by atoms with Crippen molar-refractivity contribution in [2.24, 2.45) is 0 Å². The fourth-order valence-corrected chi connectivity index (χ4v) is 5.23. The van der Waals surface area contributed by atoms with Crippen molar-refractivity contribution in [2.45, 2.75) is 45.0 Å². The van der Waals surface area contributed by atoms with Crippen molar-refractivity contribution in [2.75, 3.05) is 6.54 Å². The summed E-state index contributed by atoms with van der Waals surface area (Å²) in [5.41, 5.74) is 2.30. The molecule has 0 aliphatic carbocycles. The first-order chi connectivity index (χ1) is 17.8. The van der Waals surface area contributed by atoms with Crippen LogP contribution in [0.5, 0.6) is 0 Å². The van der Waals surface area contributed by atoms with E-state index in [2.05, 4.69) is 23.6 Å². The van der Waals surface area contributed by atoms with Crippen molar-refractivity contribution in [3.63, 3.8) is 0 Å². The van der Waals surface area contributed by atoms with Crippen LogP contribution in [0, 0.1) is 11.6 Å². The van der Waals surface area contributed by atoms with Gasteiger partial charge in [0.15, 0.2) is 0 Å². The molecular formula is C28H29F2N3O3S. The molecule has 6 nitrogen and oxygen atoms in total. The summed E-state index contributed by atoms with van der Waals surface area (Å²) in [6, 6.07) is 17.5. The number of hydrogen-bond donors (Lipinski definition) is 3. The molecule has 4 rings (SSSR count). The van der Waals surface area contributed by atoms with Crippen LogP contribution < -0.4 is 16.2 Å². The number of benzene rings is 3. The maximum atomic E-state index is 13.8. The molecule has 0 aliphatic heterocycles. The number of hydrogen-bond acceptors (Lipinski definition) is 5. The smallest absolute Gasteiger partial charge is 0.268 e. The van der Waals surface area contributed by atoms with Gasteiger partial charge in [-0.3, -0.25) is 13.5 Å². The van der Waals surface area contributed by atoms with E-state index in [-0.39, 0.29) is 25.1 Å². The number of amides is 1. The average molecular weight is 526 g/mol. The summed E-state index contributed by atoms with van der Waals surface area (Å²) in [7, 11) is 0. The summed E-state index contributed by atoms with van der Waals surface area (Å²) in [5, 5.41) is 17.4. The third-order valence-electron chi connectivity index (χ3n) is 6.11. The molecule has 37 heavy (non-hydrogen) atoms. The predicted molar refractivity (Wildman–Crippen MR) is 142 cm³/mol. The number of nitrogens with zero attached hydrogens (tertiary/aromatic N) is 1. The van der Waals surface area contributed by atoms with E-state index < -0.39 is 29.7 Å². The molecule has 3 aromatic carbocycles. The zero-order valence-electron chi connectivity index (χ0n) is 20.4. The maximum Gasteiger partial charge on any atom is 0.268 e. The lowest BCUT2D eigenvalue weighted by Crippen LogP contribution is -2.49. The Hall–Kier alpha value is -3.40. The molecule has 2 atom stereocenters. The highest BCUT2D eigenvalue weighted by atomic mass is 32.1. The number of carbonyl (C=O) groups excluding carboxylic acids is 1. The summed E-state index contributed by atoms with van der Waals surface area (Å²) in [6.45, 7) is 2.50. The van der Waals surface area contributed by atoms with Gasteiger partial charge in [-0.1, -0.05) is 54.9 Å². The largest absolute Gasteiger partial charge is 0.390 e. The Morgan fingerprint density at radius 3 is 2.46 bits per heavy atom. The van der Waals surface area contributed by atoms with E-state index in [1.54, 1.807) is 12.1 Å². The summed E-state index contributed by atoms with van der Waals surface area (Å²) in [4.78, 5) is 25.5. The molecule has 1 heterocycles. The summed E-state index contributed by atoms with van der Waals surface area (Å²) >= 11 is 1.18. The second kappa shape index (κ2) is 12.2. The van der Waals surface area contributed by atoms with E-state index in [9.17, 15) is 23.5 Å². The van der Waals surface area contributed by atoms with Gasteiger partial charge in [-0.05, 0) is 53.8 Å². The second-order valence-electron chi connectivity index (χ2n) is 8.96. The van der Waals surface area contributed by atoms with E-state index >= 15 is 0 Å². The first-order valence-electron chi connectivity index (χ1n) is 12.1. The Kier molecular flexibility index (Phi) is 8.81. The van der Waals surface area contributed by atoms with E-state index in [4.69, 9.17) is 0 Å². The van der Waals surface area contributed by atoms with Gasteiger partial charge in [0.1, 0.15) is 18.2 Å². The van der Waals surface area contributed by atoms with Crippen molar-refractivity contribution in [3.05, 3.63) is 105 Å². The number of rotatable bonds is 11. The quantitative estimate of drug-likeness (QED) is 0.278. The standard InChI is InChI=1S/C28H29F2N3O3S/c1-2-18-6-5-7-19(10-18)15-31-16-25(34)24(13-20-11-21(29)14-22(30)12-20)32-27(35)17-33-28(36)23-8-3-4-9-26(23)37-33/h3-12,14,24-25,31,34H,2,13,15-17H2,1H3,(H,32,35)/t24-,25+/m0/s1. The Labute approximate surface area is 217 Å². The van der Waals surface area contributed by atoms with Gasteiger partial charge in [-0.15, -0.1) is 0 Å². The zero-order chi connectivity index (χ0) is 26.4. The topological polar surface area (TPSA) is 83.4 Å². The van der Waals surface area contributed by atoms with Crippen LogP contribution >= 0.6 is 11.5 Å². The normalized spacial score (nSPS) is 13.0. The molecule has 0 saturated heterocycles. The van der Waals surface area contributed by atoms with Crippen LogP contribution in [0.1, 0.15) is 23.6 Å². The highest BCUT2D eigenvalue weighted by Crippen LogP contribution is 2.16. The third-order valence-corrected chi connectivity index (χ3v) is 7.18. The van der Waals surface area contributed by atoms with Crippen LogP contribution in [0.15, 0.2) is 71.5 Å². The van der Waals surface area contributed by atoms with E-state index in [1.165, 1.54) is 33.2 Å². The van der Waals surface area contributed by atoms with Crippen molar-refractivity contribution in [1.82, 2.24) is 14.6 Å². The molecule has 3 N–H and O–H groups in total. The lowest BCUT2D eigenvalue weighted by Gasteiger charge is -2.25. The summed E-state index contributed by atoms with van der Waals surface area (Å²) in [6.07, 6.45) is -0.128.